The molecule has 20 heavy (non-hydrogen) atoms. The number of benzene rings is 1. The van der Waals surface area contributed by atoms with Gasteiger partial charge in [0.15, 0.2) is 9.84 Å². The second-order valence-corrected chi connectivity index (χ2v) is 7.34. The number of aryl methyl sites for hydroxylation is 1. The molecule has 2 rings (SSSR count). The van der Waals surface area contributed by atoms with Crippen LogP contribution >= 0.6 is 23.2 Å². The molecule has 0 saturated heterocycles. The molecule has 0 amide bonds. The van der Waals surface area contributed by atoms with Gasteiger partial charge in [-0.15, -0.1) is 0 Å². The zero-order chi connectivity index (χ0) is 14.9. The van der Waals surface area contributed by atoms with Gasteiger partial charge < -0.3 is 0 Å². The van der Waals surface area contributed by atoms with Gasteiger partial charge in [-0.25, -0.2) is 18.4 Å². The Bertz CT molecular complexity index is 738. The minimum atomic E-state index is -3.24. The molecule has 2 aromatic rings. The van der Waals surface area contributed by atoms with Gasteiger partial charge in [0, 0.05) is 6.26 Å². The summed E-state index contributed by atoms with van der Waals surface area (Å²) in [6, 6.07) is 7.55. The molecule has 0 bridgehead atoms. The summed E-state index contributed by atoms with van der Waals surface area (Å²) in [6.45, 7) is 1.92. The Labute approximate surface area is 127 Å². The number of rotatable bonds is 3. The highest BCUT2D eigenvalue weighted by atomic mass is 35.5. The van der Waals surface area contributed by atoms with Crippen LogP contribution in [0.3, 0.4) is 0 Å². The van der Waals surface area contributed by atoms with Crippen molar-refractivity contribution in [2.75, 3.05) is 6.26 Å². The van der Waals surface area contributed by atoms with E-state index >= 15 is 0 Å². The van der Waals surface area contributed by atoms with Gasteiger partial charge in [0.05, 0.1) is 5.56 Å². The van der Waals surface area contributed by atoms with E-state index in [0.717, 1.165) is 17.4 Å². The van der Waals surface area contributed by atoms with Gasteiger partial charge in [0.2, 0.25) is 0 Å². The Morgan fingerprint density at radius 2 is 1.65 bits per heavy atom. The standard InChI is InChI=1S/C13H12Cl2N2O2S/c1-8-5-3-4-6-9(8)11-12(14)16-10(17-13(11)15)7-20(2,18)19/h3-6H,7H2,1-2H3. The number of hydrogen-bond acceptors (Lipinski definition) is 4. The average molecular weight is 331 g/mol. The maximum Gasteiger partial charge on any atom is 0.154 e. The highest BCUT2D eigenvalue weighted by molar-refractivity contribution is 7.89. The highest BCUT2D eigenvalue weighted by Gasteiger charge is 2.17. The predicted octanol–water partition coefficient (Wildman–Crippen LogP) is 3.30. The number of aromatic nitrogens is 2. The summed E-state index contributed by atoms with van der Waals surface area (Å²) >= 11 is 12.3. The van der Waals surface area contributed by atoms with E-state index < -0.39 is 9.84 Å². The van der Waals surface area contributed by atoms with E-state index in [9.17, 15) is 8.42 Å². The van der Waals surface area contributed by atoms with Crippen molar-refractivity contribution in [3.8, 4) is 11.1 Å². The molecule has 0 aliphatic rings. The maximum absolute atomic E-state index is 11.3. The summed E-state index contributed by atoms with van der Waals surface area (Å²) in [5.74, 6) is -0.194. The average Bonchev–Trinajstić information content (AvgIpc) is 2.28. The van der Waals surface area contributed by atoms with Crippen LogP contribution in [0.25, 0.3) is 11.1 Å². The number of sulfone groups is 1. The summed E-state index contributed by atoms with van der Waals surface area (Å²) in [4.78, 5) is 8.06. The first-order valence-corrected chi connectivity index (χ1v) is 8.55. The summed E-state index contributed by atoms with van der Waals surface area (Å²) in [5, 5.41) is 0.302. The first-order valence-electron chi connectivity index (χ1n) is 5.73. The zero-order valence-electron chi connectivity index (χ0n) is 10.9. The minimum Gasteiger partial charge on any atom is -0.229 e. The van der Waals surface area contributed by atoms with Gasteiger partial charge in [0.1, 0.15) is 21.9 Å². The number of halogens is 2. The van der Waals surface area contributed by atoms with Gasteiger partial charge in [-0.3, -0.25) is 0 Å². The summed E-state index contributed by atoms with van der Waals surface area (Å²) in [7, 11) is -3.24. The smallest absolute Gasteiger partial charge is 0.154 e. The second kappa shape index (κ2) is 5.68. The van der Waals surface area contributed by atoms with E-state index in [0.29, 0.717) is 5.56 Å². The van der Waals surface area contributed by atoms with Crippen LogP contribution in [0.2, 0.25) is 10.3 Å². The van der Waals surface area contributed by atoms with Crippen molar-refractivity contribution in [1.29, 1.82) is 0 Å². The van der Waals surface area contributed by atoms with E-state index in [-0.39, 0.29) is 21.9 Å². The van der Waals surface area contributed by atoms with Crippen molar-refractivity contribution in [2.45, 2.75) is 12.7 Å². The highest BCUT2D eigenvalue weighted by Crippen LogP contribution is 2.34. The quantitative estimate of drug-likeness (QED) is 0.810. The minimum absolute atomic E-state index is 0.0971. The van der Waals surface area contributed by atoms with Crippen LogP contribution in [0.15, 0.2) is 24.3 Å². The summed E-state index contributed by atoms with van der Waals surface area (Å²) in [5.41, 5.74) is 2.33. The van der Waals surface area contributed by atoms with Crippen molar-refractivity contribution in [2.24, 2.45) is 0 Å². The molecule has 1 heterocycles. The van der Waals surface area contributed by atoms with Crippen LogP contribution in [-0.2, 0) is 15.6 Å². The Balaban J connectivity index is 2.55. The van der Waals surface area contributed by atoms with E-state index in [2.05, 4.69) is 9.97 Å². The van der Waals surface area contributed by atoms with Gasteiger partial charge in [-0.2, -0.15) is 0 Å². The topological polar surface area (TPSA) is 59.9 Å². The summed E-state index contributed by atoms with van der Waals surface area (Å²) < 4.78 is 22.5. The number of hydrogen-bond donors (Lipinski definition) is 0. The zero-order valence-corrected chi connectivity index (χ0v) is 13.2. The van der Waals surface area contributed by atoms with Crippen LogP contribution in [-0.4, -0.2) is 24.6 Å². The monoisotopic (exact) mass is 330 g/mol. The molecule has 1 aromatic heterocycles. The van der Waals surface area contributed by atoms with E-state index in [1.165, 1.54) is 0 Å². The van der Waals surface area contributed by atoms with Crippen molar-refractivity contribution in [1.82, 2.24) is 9.97 Å². The van der Waals surface area contributed by atoms with Gasteiger partial charge in [-0.1, -0.05) is 47.5 Å². The van der Waals surface area contributed by atoms with Crippen LogP contribution in [0.1, 0.15) is 11.4 Å². The third-order valence-corrected chi connectivity index (χ3v) is 4.00. The Morgan fingerprint density at radius 3 is 2.15 bits per heavy atom. The van der Waals surface area contributed by atoms with Crippen LogP contribution in [0.4, 0.5) is 0 Å². The fourth-order valence-corrected chi connectivity index (χ4v) is 3.05. The molecule has 0 saturated carbocycles. The molecule has 0 atom stereocenters. The van der Waals surface area contributed by atoms with Gasteiger partial charge in [0.25, 0.3) is 0 Å². The van der Waals surface area contributed by atoms with Crippen molar-refractivity contribution in [3.63, 3.8) is 0 Å². The third-order valence-electron chi connectivity index (χ3n) is 2.67. The molecular formula is C13H12Cl2N2O2S. The maximum atomic E-state index is 11.3. The van der Waals surface area contributed by atoms with E-state index in [4.69, 9.17) is 23.2 Å². The molecule has 4 nitrogen and oxygen atoms in total. The number of nitrogens with zero attached hydrogens (tertiary/aromatic N) is 2. The van der Waals surface area contributed by atoms with E-state index in [1.807, 2.05) is 31.2 Å². The molecule has 0 N–H and O–H groups in total. The molecule has 0 aliphatic heterocycles. The fourth-order valence-electron chi connectivity index (χ4n) is 1.82. The molecule has 0 aliphatic carbocycles. The normalized spacial score (nSPS) is 11.6. The van der Waals surface area contributed by atoms with E-state index in [1.54, 1.807) is 0 Å². The second-order valence-electron chi connectivity index (χ2n) is 4.48. The molecular weight excluding hydrogens is 319 g/mol. The van der Waals surface area contributed by atoms with Crippen molar-refractivity contribution < 1.29 is 8.42 Å². The molecule has 0 unspecified atom stereocenters. The van der Waals surface area contributed by atoms with Crippen molar-refractivity contribution >= 4 is 33.0 Å². The first kappa shape index (κ1) is 15.2. The van der Waals surface area contributed by atoms with Crippen LogP contribution in [0, 0.1) is 6.92 Å². The third kappa shape index (κ3) is 3.48. The SMILES string of the molecule is Cc1ccccc1-c1c(Cl)nc(CS(C)(=O)=O)nc1Cl. The molecule has 0 spiro atoms. The lowest BCUT2D eigenvalue weighted by atomic mass is 10.0. The molecule has 7 heteroatoms. The molecule has 0 fully saturated rings. The van der Waals surface area contributed by atoms with Crippen LogP contribution < -0.4 is 0 Å². The molecule has 106 valence electrons. The van der Waals surface area contributed by atoms with Crippen LogP contribution in [0.5, 0.6) is 0 Å². The Kier molecular flexibility index (Phi) is 4.32. The van der Waals surface area contributed by atoms with Gasteiger partial charge in [-0.05, 0) is 18.1 Å². The van der Waals surface area contributed by atoms with Gasteiger partial charge >= 0.3 is 0 Å². The lowest BCUT2D eigenvalue weighted by Crippen LogP contribution is -2.06. The lowest BCUT2D eigenvalue weighted by Gasteiger charge is -2.10. The lowest BCUT2D eigenvalue weighted by molar-refractivity contribution is 0.599. The Morgan fingerprint density at radius 1 is 1.10 bits per heavy atom. The largest absolute Gasteiger partial charge is 0.229 e. The molecule has 0 radical (unpaired) electrons. The summed E-state index contributed by atoms with van der Waals surface area (Å²) in [6.07, 6.45) is 1.10. The first-order chi connectivity index (χ1) is 9.28. The predicted molar refractivity (Wildman–Crippen MR) is 80.8 cm³/mol. The Hall–Kier alpha value is -1.17. The fraction of sp³-hybridized carbons (Fsp3) is 0.231. The van der Waals surface area contributed by atoms with Crippen molar-refractivity contribution in [3.05, 3.63) is 46.0 Å². The molecule has 1 aromatic carbocycles.